The molecule has 0 unspecified atom stereocenters. The Morgan fingerprint density at radius 2 is 2.07 bits per heavy atom. The molecular weight excluding hydrogens is 385 g/mol. The van der Waals surface area contributed by atoms with Gasteiger partial charge in [0.1, 0.15) is 17.2 Å². The first-order chi connectivity index (χ1) is 14.4. The molecule has 0 bridgehead atoms. The molecule has 1 aliphatic rings. The molecule has 2 aromatic carbocycles. The van der Waals surface area contributed by atoms with Crippen LogP contribution in [0.5, 0.6) is 0 Å². The van der Waals surface area contributed by atoms with Gasteiger partial charge in [0.2, 0.25) is 0 Å². The van der Waals surface area contributed by atoms with E-state index in [0.717, 1.165) is 16.6 Å². The normalized spacial score (nSPS) is 18.5. The first kappa shape index (κ1) is 18.5. The van der Waals surface area contributed by atoms with Crippen molar-refractivity contribution in [2.75, 3.05) is 19.4 Å². The molecule has 0 spiro atoms. The second-order valence-corrected chi connectivity index (χ2v) is 7.53. The van der Waals surface area contributed by atoms with Crippen LogP contribution in [-0.4, -0.2) is 38.8 Å². The highest BCUT2D eigenvalue weighted by atomic mass is 19.1. The highest BCUT2D eigenvalue weighted by molar-refractivity contribution is 5.98. The minimum atomic E-state index is -0.382. The number of carbonyl (C=O) groups excluding carboxylic acids is 1. The molecule has 1 amide bonds. The van der Waals surface area contributed by atoms with Gasteiger partial charge >= 0.3 is 0 Å². The van der Waals surface area contributed by atoms with E-state index in [1.54, 1.807) is 48.7 Å². The maximum absolute atomic E-state index is 13.9. The number of amides is 1. The summed E-state index contributed by atoms with van der Waals surface area (Å²) in [5, 5.41) is 0. The lowest BCUT2D eigenvalue weighted by molar-refractivity contribution is 0.00478. The minimum absolute atomic E-state index is 0.146. The van der Waals surface area contributed by atoms with Gasteiger partial charge in [-0.05, 0) is 48.4 Å². The van der Waals surface area contributed by atoms with Crippen LogP contribution in [0.1, 0.15) is 40.6 Å². The zero-order valence-corrected chi connectivity index (χ0v) is 16.5. The Balaban J connectivity index is 1.55. The average Bonchev–Trinajstić information content (AvgIpc) is 3.24. The molecule has 1 aliphatic heterocycles. The van der Waals surface area contributed by atoms with Gasteiger partial charge in [-0.15, -0.1) is 0 Å². The number of ether oxygens (including phenoxy) is 1. The molecule has 7 nitrogen and oxygen atoms in total. The molecule has 8 heteroatoms. The van der Waals surface area contributed by atoms with Crippen molar-refractivity contribution in [1.82, 2.24) is 19.3 Å². The van der Waals surface area contributed by atoms with E-state index in [1.807, 2.05) is 11.3 Å². The lowest BCUT2D eigenvalue weighted by Gasteiger charge is -2.36. The van der Waals surface area contributed by atoms with Crippen LogP contribution in [0.2, 0.25) is 0 Å². The Labute approximate surface area is 171 Å². The van der Waals surface area contributed by atoms with Gasteiger partial charge in [-0.2, -0.15) is 0 Å². The topological polar surface area (TPSA) is 85.8 Å². The van der Waals surface area contributed by atoms with Crippen molar-refractivity contribution in [3.05, 3.63) is 71.4 Å². The van der Waals surface area contributed by atoms with E-state index in [9.17, 15) is 9.18 Å². The number of benzene rings is 2. The summed E-state index contributed by atoms with van der Waals surface area (Å²) in [7, 11) is 1.71. The smallest absolute Gasteiger partial charge is 0.254 e. The number of aromatic nitrogens is 3. The van der Waals surface area contributed by atoms with E-state index in [-0.39, 0.29) is 23.9 Å². The molecule has 0 fully saturated rings. The Kier molecular flexibility index (Phi) is 4.18. The summed E-state index contributed by atoms with van der Waals surface area (Å²) in [6.45, 7) is 2.23. The molecule has 2 atom stereocenters. The number of nitrogen functional groups attached to an aromatic ring is 1. The van der Waals surface area contributed by atoms with Crippen molar-refractivity contribution in [2.24, 2.45) is 0 Å². The molecule has 0 radical (unpaired) electrons. The maximum Gasteiger partial charge on any atom is 0.254 e. The van der Waals surface area contributed by atoms with E-state index in [2.05, 4.69) is 9.97 Å². The molecule has 2 N–H and O–H groups in total. The number of nitrogens with zero attached hydrogens (tertiary/aromatic N) is 4. The van der Waals surface area contributed by atoms with Gasteiger partial charge in [-0.25, -0.2) is 14.4 Å². The second-order valence-electron chi connectivity index (χ2n) is 7.53. The van der Waals surface area contributed by atoms with Gasteiger partial charge in [-0.1, -0.05) is 6.07 Å². The molecular formula is C22H20FN5O2. The number of fused-ring (bicyclic) bond motifs is 4. The third-order valence-electron chi connectivity index (χ3n) is 5.76. The van der Waals surface area contributed by atoms with Crippen molar-refractivity contribution in [3.8, 4) is 0 Å². The van der Waals surface area contributed by atoms with E-state index < -0.39 is 0 Å². The van der Waals surface area contributed by atoms with Crippen LogP contribution in [0.25, 0.3) is 16.6 Å². The summed E-state index contributed by atoms with van der Waals surface area (Å²) >= 11 is 0. The number of anilines is 1. The monoisotopic (exact) mass is 405 g/mol. The van der Waals surface area contributed by atoms with Crippen molar-refractivity contribution in [2.45, 2.75) is 19.1 Å². The summed E-state index contributed by atoms with van der Waals surface area (Å²) in [5.74, 6) is -0.144. The highest BCUT2D eigenvalue weighted by Gasteiger charge is 2.31. The number of hydrogen-bond acceptors (Lipinski definition) is 5. The van der Waals surface area contributed by atoms with E-state index >= 15 is 0 Å². The van der Waals surface area contributed by atoms with Crippen molar-refractivity contribution in [1.29, 1.82) is 0 Å². The van der Waals surface area contributed by atoms with Crippen LogP contribution in [0.15, 0.2) is 48.9 Å². The van der Waals surface area contributed by atoms with Crippen LogP contribution in [0.3, 0.4) is 0 Å². The largest absolute Gasteiger partial charge is 0.382 e. The van der Waals surface area contributed by atoms with Crippen molar-refractivity contribution < 1.29 is 13.9 Å². The Morgan fingerprint density at radius 3 is 2.90 bits per heavy atom. The van der Waals surface area contributed by atoms with Gasteiger partial charge in [0.25, 0.3) is 5.91 Å². The van der Waals surface area contributed by atoms with Crippen LogP contribution in [-0.2, 0) is 4.74 Å². The molecule has 5 rings (SSSR count). The predicted molar refractivity (Wildman–Crippen MR) is 111 cm³/mol. The zero-order valence-electron chi connectivity index (χ0n) is 16.5. The van der Waals surface area contributed by atoms with E-state index in [1.165, 1.54) is 12.1 Å². The summed E-state index contributed by atoms with van der Waals surface area (Å²) in [6, 6.07) is 9.50. The number of carbonyl (C=O) groups is 1. The van der Waals surface area contributed by atoms with Crippen LogP contribution >= 0.6 is 0 Å². The third-order valence-corrected chi connectivity index (χ3v) is 5.76. The summed E-state index contributed by atoms with van der Waals surface area (Å²) < 4.78 is 21.6. The number of halogens is 1. The maximum atomic E-state index is 13.9. The standard InChI is InChI=1S/C22H20FN5O2/c1-12-15-5-4-14(23)8-16(15)20(10-30-12)27(2)22(29)13-3-6-17-18(7-13)28-11-25-9-19(28)21(24)26-17/h3-9,11-12,20H,10H2,1-2H3,(H2,24,26)/t12-,20+/m0/s1. The molecule has 2 aromatic heterocycles. The molecule has 0 aliphatic carbocycles. The summed E-state index contributed by atoms with van der Waals surface area (Å²) in [4.78, 5) is 23.4. The quantitative estimate of drug-likeness (QED) is 0.552. The fourth-order valence-electron chi connectivity index (χ4n) is 4.09. The van der Waals surface area contributed by atoms with Crippen molar-refractivity contribution in [3.63, 3.8) is 0 Å². The summed E-state index contributed by atoms with van der Waals surface area (Å²) in [6.07, 6.45) is 3.13. The van der Waals surface area contributed by atoms with Gasteiger partial charge in [-0.3, -0.25) is 9.20 Å². The molecule has 0 saturated heterocycles. The minimum Gasteiger partial charge on any atom is -0.382 e. The van der Waals surface area contributed by atoms with Crippen LogP contribution in [0, 0.1) is 5.82 Å². The van der Waals surface area contributed by atoms with Gasteiger partial charge in [0.15, 0.2) is 0 Å². The number of nitrogens with two attached hydrogens (primary N) is 1. The highest BCUT2D eigenvalue weighted by Crippen LogP contribution is 2.36. The lowest BCUT2D eigenvalue weighted by atomic mass is 9.93. The number of rotatable bonds is 2. The van der Waals surface area contributed by atoms with Crippen molar-refractivity contribution >= 4 is 28.3 Å². The van der Waals surface area contributed by atoms with E-state index in [0.29, 0.717) is 29.0 Å². The SMILES string of the molecule is C[C@@H]1OC[C@@H](N(C)C(=O)c2ccc3nc(N)c4cncn4c3c2)c2cc(F)ccc21. The fraction of sp³-hybridized carbons (Fsp3) is 0.227. The first-order valence-corrected chi connectivity index (χ1v) is 9.63. The van der Waals surface area contributed by atoms with Crippen LogP contribution < -0.4 is 5.73 Å². The Bertz CT molecular complexity index is 1300. The molecule has 3 heterocycles. The molecule has 152 valence electrons. The average molecular weight is 405 g/mol. The fourth-order valence-corrected chi connectivity index (χ4v) is 4.09. The number of imidazole rings is 1. The van der Waals surface area contributed by atoms with Crippen LogP contribution in [0.4, 0.5) is 10.2 Å². The Morgan fingerprint density at radius 1 is 1.23 bits per heavy atom. The molecule has 4 aromatic rings. The zero-order chi connectivity index (χ0) is 21.0. The van der Waals surface area contributed by atoms with Gasteiger partial charge in [0, 0.05) is 12.6 Å². The number of hydrogen-bond donors (Lipinski definition) is 1. The lowest BCUT2D eigenvalue weighted by Crippen LogP contribution is -2.37. The third kappa shape index (κ3) is 2.80. The molecule has 30 heavy (non-hydrogen) atoms. The van der Waals surface area contributed by atoms with Gasteiger partial charge < -0.3 is 15.4 Å². The Hall–Kier alpha value is -3.52. The van der Waals surface area contributed by atoms with Gasteiger partial charge in [0.05, 0.1) is 42.3 Å². The summed E-state index contributed by atoms with van der Waals surface area (Å²) in [5.41, 5.74) is 10.2. The number of likely N-dealkylation sites (N-methyl/N-ethyl adjacent to an activating group) is 1. The van der Waals surface area contributed by atoms with E-state index in [4.69, 9.17) is 10.5 Å². The second kappa shape index (κ2) is 6.77. The molecule has 0 saturated carbocycles. The predicted octanol–water partition coefficient (Wildman–Crippen LogP) is 3.51. The first-order valence-electron chi connectivity index (χ1n) is 9.63.